The summed E-state index contributed by atoms with van der Waals surface area (Å²) in [7, 11) is 3.89. The second-order valence-corrected chi connectivity index (χ2v) is 14.2. The van der Waals surface area contributed by atoms with Crippen molar-refractivity contribution in [1.82, 2.24) is 24.2 Å². The maximum atomic E-state index is 14.5. The average Bonchev–Trinajstić information content (AvgIpc) is 3.39. The number of alkyl halides is 3. The van der Waals surface area contributed by atoms with Gasteiger partial charge in [0.05, 0.1) is 41.9 Å². The van der Waals surface area contributed by atoms with Crippen molar-refractivity contribution < 1.29 is 22.5 Å². The Labute approximate surface area is 269 Å². The summed E-state index contributed by atoms with van der Waals surface area (Å²) in [5.41, 5.74) is 4.75. The molecule has 3 saturated heterocycles. The highest BCUT2D eigenvalue weighted by atomic mass is 19.4. The van der Waals surface area contributed by atoms with Crippen LogP contribution in [0.4, 0.5) is 13.2 Å². The van der Waals surface area contributed by atoms with Gasteiger partial charge in [0.2, 0.25) is 0 Å². The number of imidazole rings is 1. The lowest BCUT2D eigenvalue weighted by Crippen LogP contribution is -2.63. The van der Waals surface area contributed by atoms with Crippen LogP contribution in [0, 0.1) is 5.92 Å². The monoisotopic (exact) mass is 641 g/mol. The summed E-state index contributed by atoms with van der Waals surface area (Å²) < 4.78 is 52.5. The third kappa shape index (κ3) is 5.94. The van der Waals surface area contributed by atoms with Crippen LogP contribution in [0.25, 0.3) is 11.2 Å². The first-order valence-electron chi connectivity index (χ1n) is 17.2. The minimum absolute atomic E-state index is 0.0652. The molecule has 1 unspecified atom stereocenters. The number of fused-ring (bicyclic) bond motifs is 1. The lowest BCUT2D eigenvalue weighted by Gasteiger charge is -2.46. The highest BCUT2D eigenvalue weighted by molar-refractivity contribution is 5.58. The van der Waals surface area contributed by atoms with Gasteiger partial charge in [0.25, 0.3) is 0 Å². The van der Waals surface area contributed by atoms with E-state index in [1.807, 2.05) is 12.1 Å². The topological polar surface area (TPSA) is 54.2 Å². The molecule has 1 saturated carbocycles. The van der Waals surface area contributed by atoms with Crippen molar-refractivity contribution in [1.29, 1.82) is 0 Å². The van der Waals surface area contributed by atoms with Crippen molar-refractivity contribution >= 4 is 5.52 Å². The fourth-order valence-corrected chi connectivity index (χ4v) is 8.79. The van der Waals surface area contributed by atoms with Gasteiger partial charge < -0.3 is 4.74 Å². The Bertz CT molecular complexity index is 1590. The van der Waals surface area contributed by atoms with Crippen LogP contribution in [0.5, 0.6) is 0 Å². The lowest BCUT2D eigenvalue weighted by molar-refractivity contribution is -0.984. The number of nitrogens with one attached hydrogen (secondary N) is 1. The van der Waals surface area contributed by atoms with Crippen LogP contribution in [0.15, 0.2) is 47.5 Å². The smallest absolute Gasteiger partial charge is 0.380 e. The van der Waals surface area contributed by atoms with Crippen LogP contribution in [0.2, 0.25) is 0 Å². The van der Waals surface area contributed by atoms with E-state index in [4.69, 9.17) is 4.74 Å². The predicted molar refractivity (Wildman–Crippen MR) is 171 cm³/mol. The number of piperidine rings is 1. The third-order valence-corrected chi connectivity index (χ3v) is 11.3. The summed E-state index contributed by atoms with van der Waals surface area (Å²) >= 11 is 0. The number of quaternary nitrogens is 1. The maximum absolute atomic E-state index is 14.5. The van der Waals surface area contributed by atoms with Gasteiger partial charge >= 0.3 is 11.9 Å². The normalized spacial score (nSPS) is 25.6. The lowest BCUT2D eigenvalue weighted by atomic mass is 9.71. The zero-order chi connectivity index (χ0) is 32.1. The molecule has 1 aromatic carbocycles. The second-order valence-electron chi connectivity index (χ2n) is 14.2. The molecule has 1 aliphatic carbocycles. The quantitative estimate of drug-likeness (QED) is 0.334. The Morgan fingerprint density at radius 1 is 1.02 bits per heavy atom. The molecule has 0 amide bonds. The summed E-state index contributed by atoms with van der Waals surface area (Å²) in [6.07, 6.45) is 9.08. The Hall–Kier alpha value is -2.70. The van der Waals surface area contributed by atoms with Crippen LogP contribution in [0.3, 0.4) is 0 Å². The molecule has 8 nitrogen and oxygen atoms in total. The molecule has 7 rings (SSSR count). The molecule has 11 heteroatoms. The number of nitrogens with zero attached hydrogens (tertiary/aromatic N) is 5. The summed E-state index contributed by atoms with van der Waals surface area (Å²) in [5.74, 6) is 0.801. The van der Waals surface area contributed by atoms with Gasteiger partial charge in [-0.3, -0.25) is 13.9 Å². The van der Waals surface area contributed by atoms with E-state index in [0.717, 1.165) is 43.7 Å². The molecule has 0 bridgehead atoms. The van der Waals surface area contributed by atoms with Gasteiger partial charge in [-0.2, -0.15) is 18.6 Å². The number of hydrogen-bond donors (Lipinski definition) is 1. The maximum Gasteiger partial charge on any atom is 0.418 e. The van der Waals surface area contributed by atoms with Crippen molar-refractivity contribution in [3.63, 3.8) is 0 Å². The van der Waals surface area contributed by atoms with Crippen molar-refractivity contribution in [3.05, 3.63) is 69.9 Å². The first kappa shape index (κ1) is 31.9. The number of methoxy groups -OCH3 is 1. The summed E-state index contributed by atoms with van der Waals surface area (Å²) in [5, 5.41) is 0. The van der Waals surface area contributed by atoms with Gasteiger partial charge in [-0.15, -0.1) is 0 Å². The molecular weight excluding hydrogens is 593 g/mol. The standard InChI is InChI=1S/C35H48F3N6O2/c1-40-24-39-44(16-5-3-4-6-17-44)33(40)32(26-10-7-11-26)27-12-8-13-28(19-27)42-23-31-30(35(36,37)38)18-25(21-43(31)34(42)45)20-41-15-9-14-29(22-41)46-2/h8,12-13,18-19,21,23,26,29,32-33,39H,3-7,9-11,14-17,20,22,24H2,1-2H3/q+1/t29-,32+,33?/m0/s1. The van der Waals surface area contributed by atoms with Crippen LogP contribution in [0.1, 0.15) is 80.4 Å². The molecule has 250 valence electrons. The van der Waals surface area contributed by atoms with Gasteiger partial charge in [0.15, 0.2) is 6.17 Å². The van der Waals surface area contributed by atoms with Gasteiger partial charge in [-0.25, -0.2) is 14.3 Å². The van der Waals surface area contributed by atoms with Crippen LogP contribution in [-0.2, 0) is 17.5 Å². The molecule has 3 aliphatic heterocycles. The van der Waals surface area contributed by atoms with Crippen molar-refractivity contribution in [3.8, 4) is 5.69 Å². The highest BCUT2D eigenvalue weighted by Crippen LogP contribution is 2.47. The molecule has 3 atom stereocenters. The van der Waals surface area contributed by atoms with E-state index in [2.05, 4.69) is 34.4 Å². The van der Waals surface area contributed by atoms with E-state index in [0.29, 0.717) is 30.3 Å². The number of hydrogen-bond acceptors (Lipinski definition) is 5. The Balaban J connectivity index is 1.27. The largest absolute Gasteiger partial charge is 0.418 e. The van der Waals surface area contributed by atoms with Crippen molar-refractivity contribution in [2.45, 2.75) is 88.7 Å². The third-order valence-electron chi connectivity index (χ3n) is 11.3. The number of aromatic nitrogens is 2. The number of likely N-dealkylation sites (N-methyl/N-ethyl adjacent to an activating group) is 1. The molecule has 2 aromatic heterocycles. The van der Waals surface area contributed by atoms with E-state index in [1.165, 1.54) is 71.7 Å². The second kappa shape index (κ2) is 12.7. The Kier molecular flexibility index (Phi) is 8.82. The Morgan fingerprint density at radius 2 is 1.80 bits per heavy atom. The zero-order valence-corrected chi connectivity index (χ0v) is 27.1. The first-order valence-corrected chi connectivity index (χ1v) is 17.2. The van der Waals surface area contributed by atoms with Crippen LogP contribution >= 0.6 is 0 Å². The van der Waals surface area contributed by atoms with E-state index in [9.17, 15) is 18.0 Å². The van der Waals surface area contributed by atoms with Crippen LogP contribution < -0.4 is 11.1 Å². The fourth-order valence-electron chi connectivity index (χ4n) is 8.79. The summed E-state index contributed by atoms with van der Waals surface area (Å²) in [4.78, 5) is 18.5. The minimum atomic E-state index is -4.60. The highest BCUT2D eigenvalue weighted by Gasteiger charge is 2.53. The minimum Gasteiger partial charge on any atom is -0.380 e. The van der Waals surface area contributed by atoms with Gasteiger partial charge in [-0.1, -0.05) is 18.6 Å². The molecule has 1 spiro atoms. The molecule has 4 fully saturated rings. The van der Waals surface area contributed by atoms with E-state index >= 15 is 0 Å². The number of halogens is 3. The first-order chi connectivity index (χ1) is 22.2. The van der Waals surface area contributed by atoms with Gasteiger partial charge in [-0.05, 0) is 100 Å². The number of likely N-dealkylation sites (tertiary alicyclic amines) is 1. The average molecular weight is 642 g/mol. The van der Waals surface area contributed by atoms with E-state index in [-0.39, 0.29) is 23.7 Å². The zero-order valence-electron chi connectivity index (χ0n) is 27.1. The predicted octanol–water partition coefficient (Wildman–Crippen LogP) is 5.73. The number of pyridine rings is 1. The molecule has 46 heavy (non-hydrogen) atoms. The molecule has 4 aliphatic rings. The van der Waals surface area contributed by atoms with Gasteiger partial charge in [0.1, 0.15) is 6.67 Å². The molecular formula is C35H48F3N6O2+. The van der Waals surface area contributed by atoms with Crippen LogP contribution in [-0.4, -0.2) is 82.6 Å². The van der Waals surface area contributed by atoms with Crippen molar-refractivity contribution in [2.75, 3.05) is 47.0 Å². The molecule has 1 N–H and O–H groups in total. The molecule has 3 aromatic rings. The summed E-state index contributed by atoms with van der Waals surface area (Å²) in [6, 6.07) is 9.27. The van der Waals surface area contributed by atoms with E-state index < -0.39 is 17.4 Å². The Morgan fingerprint density at radius 3 is 2.50 bits per heavy atom. The number of ether oxygens (including phenoxy) is 1. The molecule has 0 radical (unpaired) electrons. The van der Waals surface area contributed by atoms with Gasteiger partial charge in [0, 0.05) is 32.6 Å². The molecule has 5 heterocycles. The summed E-state index contributed by atoms with van der Waals surface area (Å²) in [6.45, 7) is 4.83. The SMILES string of the molecule is CO[C@H]1CCCN(Cc2cc(C(F)(F)F)c3cn(-c4cccc([C@@H](C5CCC5)C5N(C)CN[N+]56CCCCCC6)c4)c(=O)n3c2)C1. The fraction of sp³-hybridized carbons (Fsp3) is 0.629. The van der Waals surface area contributed by atoms with Crippen molar-refractivity contribution in [2.24, 2.45) is 5.92 Å². The number of benzene rings is 1. The van der Waals surface area contributed by atoms with E-state index in [1.54, 1.807) is 13.3 Å². The number of rotatable bonds is 7.